The zero-order valence-corrected chi connectivity index (χ0v) is 12.2. The summed E-state index contributed by atoms with van der Waals surface area (Å²) < 4.78 is 1.11. The molecule has 4 nitrogen and oxygen atoms in total. The first-order chi connectivity index (χ1) is 9.69. The van der Waals surface area contributed by atoms with E-state index < -0.39 is 0 Å². The molecule has 2 N–H and O–H groups in total. The van der Waals surface area contributed by atoms with Gasteiger partial charge >= 0.3 is 0 Å². The van der Waals surface area contributed by atoms with Crippen LogP contribution in [0.2, 0.25) is 0 Å². The van der Waals surface area contributed by atoms with E-state index in [9.17, 15) is 4.79 Å². The summed E-state index contributed by atoms with van der Waals surface area (Å²) in [5.74, 6) is -0.130. The minimum atomic E-state index is -0.130. The molecule has 20 heavy (non-hydrogen) atoms. The molecule has 106 valence electrons. The van der Waals surface area contributed by atoms with Gasteiger partial charge in [0.2, 0.25) is 5.91 Å². The summed E-state index contributed by atoms with van der Waals surface area (Å²) in [6.07, 6.45) is 4.71. The van der Waals surface area contributed by atoms with Crippen LogP contribution in [0.4, 0.5) is 0 Å². The van der Waals surface area contributed by atoms with E-state index in [1.54, 1.807) is 17.4 Å². The number of fused-ring (bicyclic) bond motifs is 1. The molecule has 0 fully saturated rings. The number of aliphatic hydroxyl groups excluding tert-OH is 1. The molecular formula is C15H18N2O2S. The van der Waals surface area contributed by atoms with Crippen LogP contribution in [0.1, 0.15) is 24.8 Å². The Kier molecular flexibility index (Phi) is 5.26. The van der Waals surface area contributed by atoms with Crippen molar-refractivity contribution in [3.05, 3.63) is 35.3 Å². The number of aliphatic hydroxyl groups is 1. The first kappa shape index (κ1) is 14.7. The first-order valence-corrected chi connectivity index (χ1v) is 7.45. The minimum Gasteiger partial charge on any atom is -0.396 e. The second-order valence-electron chi connectivity index (χ2n) is 4.63. The highest BCUT2D eigenvalue weighted by atomic mass is 32.1. The molecule has 0 saturated carbocycles. The third kappa shape index (κ3) is 4.15. The molecule has 0 aliphatic rings. The van der Waals surface area contributed by atoms with Gasteiger partial charge in [0.25, 0.3) is 0 Å². The summed E-state index contributed by atoms with van der Waals surface area (Å²) in [7, 11) is 0. The summed E-state index contributed by atoms with van der Waals surface area (Å²) in [5.41, 5.74) is 0.953. The Balaban J connectivity index is 1.93. The van der Waals surface area contributed by atoms with Crippen LogP contribution < -0.4 is 5.32 Å². The summed E-state index contributed by atoms with van der Waals surface area (Å²) in [6.45, 7) is 2.08. The number of thiazole rings is 1. The maximum absolute atomic E-state index is 11.7. The Morgan fingerprint density at radius 3 is 3.05 bits per heavy atom. The molecule has 5 heteroatoms. The van der Waals surface area contributed by atoms with Crippen LogP contribution >= 0.6 is 11.3 Å². The minimum absolute atomic E-state index is 0.0645. The SMILES string of the molecule is CC(CCCO)NC(=O)/C=C/c1nc2ccccc2s1. The van der Waals surface area contributed by atoms with Crippen molar-refractivity contribution < 1.29 is 9.90 Å². The van der Waals surface area contributed by atoms with Crippen LogP contribution in [0.5, 0.6) is 0 Å². The predicted molar refractivity (Wildman–Crippen MR) is 82.6 cm³/mol. The Morgan fingerprint density at radius 2 is 2.30 bits per heavy atom. The highest BCUT2D eigenvalue weighted by Gasteiger charge is 2.05. The van der Waals surface area contributed by atoms with Gasteiger partial charge < -0.3 is 10.4 Å². The number of rotatable bonds is 6. The third-order valence-electron chi connectivity index (χ3n) is 2.87. The van der Waals surface area contributed by atoms with Gasteiger partial charge in [0.15, 0.2) is 0 Å². The van der Waals surface area contributed by atoms with Gasteiger partial charge in [0.1, 0.15) is 5.01 Å². The Bertz CT molecular complexity index is 574. The monoisotopic (exact) mass is 290 g/mol. The molecule has 1 aromatic carbocycles. The fourth-order valence-corrected chi connectivity index (χ4v) is 2.74. The van der Waals surface area contributed by atoms with E-state index in [4.69, 9.17) is 5.11 Å². The van der Waals surface area contributed by atoms with Gasteiger partial charge in [-0.05, 0) is 38.0 Å². The quantitative estimate of drug-likeness (QED) is 0.804. The molecule has 0 radical (unpaired) electrons. The van der Waals surface area contributed by atoms with Gasteiger partial charge in [0, 0.05) is 18.7 Å². The average molecular weight is 290 g/mol. The lowest BCUT2D eigenvalue weighted by molar-refractivity contribution is -0.117. The predicted octanol–water partition coefficient (Wildman–Crippen LogP) is 2.59. The van der Waals surface area contributed by atoms with E-state index in [0.29, 0.717) is 6.42 Å². The molecule has 0 aliphatic heterocycles. The zero-order valence-electron chi connectivity index (χ0n) is 11.4. The number of hydrogen-bond donors (Lipinski definition) is 2. The van der Waals surface area contributed by atoms with Crippen LogP contribution in [-0.2, 0) is 4.79 Å². The lowest BCUT2D eigenvalue weighted by atomic mass is 10.2. The van der Waals surface area contributed by atoms with E-state index in [2.05, 4.69) is 10.3 Å². The standard InChI is InChI=1S/C15H18N2O2S/c1-11(5-4-10-18)16-14(19)8-9-15-17-12-6-2-3-7-13(12)20-15/h2-3,6-9,11,18H,4-5,10H2,1H3,(H,16,19)/b9-8+. The molecule has 0 saturated heterocycles. The molecule has 1 atom stereocenters. The van der Waals surface area contributed by atoms with Crippen LogP contribution in [0.3, 0.4) is 0 Å². The van der Waals surface area contributed by atoms with Crippen LogP contribution in [0.15, 0.2) is 30.3 Å². The second-order valence-corrected chi connectivity index (χ2v) is 5.69. The maximum atomic E-state index is 11.7. The molecule has 1 heterocycles. The Morgan fingerprint density at radius 1 is 1.50 bits per heavy atom. The van der Waals surface area contributed by atoms with Gasteiger partial charge in [-0.25, -0.2) is 4.98 Å². The maximum Gasteiger partial charge on any atom is 0.244 e. The number of benzene rings is 1. The number of hydrogen-bond acceptors (Lipinski definition) is 4. The molecule has 2 aromatic rings. The highest BCUT2D eigenvalue weighted by molar-refractivity contribution is 7.19. The lowest BCUT2D eigenvalue weighted by Gasteiger charge is -2.10. The smallest absolute Gasteiger partial charge is 0.244 e. The number of amides is 1. The van der Waals surface area contributed by atoms with Gasteiger partial charge in [0.05, 0.1) is 10.2 Å². The van der Waals surface area contributed by atoms with Gasteiger partial charge in [-0.1, -0.05) is 12.1 Å². The molecule has 0 bridgehead atoms. The molecular weight excluding hydrogens is 272 g/mol. The van der Waals surface area contributed by atoms with Crippen molar-refractivity contribution in [1.29, 1.82) is 0 Å². The van der Waals surface area contributed by atoms with Crippen molar-refractivity contribution in [2.45, 2.75) is 25.8 Å². The van der Waals surface area contributed by atoms with E-state index in [0.717, 1.165) is 21.6 Å². The molecule has 1 aromatic heterocycles. The number of carbonyl (C=O) groups excluding carboxylic acids is 1. The van der Waals surface area contributed by atoms with Crippen LogP contribution in [-0.4, -0.2) is 28.6 Å². The molecule has 2 rings (SSSR count). The number of aromatic nitrogens is 1. The topological polar surface area (TPSA) is 62.2 Å². The van der Waals surface area contributed by atoms with Crippen molar-refractivity contribution in [2.75, 3.05) is 6.61 Å². The van der Waals surface area contributed by atoms with Gasteiger partial charge in [-0.2, -0.15) is 0 Å². The first-order valence-electron chi connectivity index (χ1n) is 6.64. The number of para-hydroxylation sites is 1. The largest absolute Gasteiger partial charge is 0.396 e. The third-order valence-corrected chi connectivity index (χ3v) is 3.87. The summed E-state index contributed by atoms with van der Waals surface area (Å²) in [4.78, 5) is 16.2. The molecule has 1 amide bonds. The Labute approximate surface area is 122 Å². The fourth-order valence-electron chi connectivity index (χ4n) is 1.87. The van der Waals surface area contributed by atoms with E-state index in [1.165, 1.54) is 6.08 Å². The summed E-state index contributed by atoms with van der Waals surface area (Å²) >= 11 is 1.56. The van der Waals surface area contributed by atoms with Crippen LogP contribution in [0, 0.1) is 0 Å². The number of carbonyl (C=O) groups is 1. The van der Waals surface area contributed by atoms with E-state index in [1.807, 2.05) is 31.2 Å². The summed E-state index contributed by atoms with van der Waals surface area (Å²) in [5, 5.41) is 12.4. The van der Waals surface area contributed by atoms with Gasteiger partial charge in [-0.15, -0.1) is 11.3 Å². The van der Waals surface area contributed by atoms with E-state index in [-0.39, 0.29) is 18.6 Å². The van der Waals surface area contributed by atoms with Crippen LogP contribution in [0.25, 0.3) is 16.3 Å². The Hall–Kier alpha value is -1.72. The van der Waals surface area contributed by atoms with Crippen molar-refractivity contribution in [1.82, 2.24) is 10.3 Å². The van der Waals surface area contributed by atoms with Crippen molar-refractivity contribution in [2.24, 2.45) is 0 Å². The number of nitrogens with one attached hydrogen (secondary N) is 1. The average Bonchev–Trinajstić information content (AvgIpc) is 2.85. The van der Waals surface area contributed by atoms with E-state index >= 15 is 0 Å². The van der Waals surface area contributed by atoms with Gasteiger partial charge in [-0.3, -0.25) is 4.79 Å². The zero-order chi connectivity index (χ0) is 14.4. The fraction of sp³-hybridized carbons (Fsp3) is 0.333. The number of nitrogens with zero attached hydrogens (tertiary/aromatic N) is 1. The summed E-state index contributed by atoms with van der Waals surface area (Å²) in [6, 6.07) is 7.96. The van der Waals surface area contributed by atoms with Crippen molar-refractivity contribution in [3.63, 3.8) is 0 Å². The second kappa shape index (κ2) is 7.17. The lowest BCUT2D eigenvalue weighted by Crippen LogP contribution is -2.31. The highest BCUT2D eigenvalue weighted by Crippen LogP contribution is 2.22. The van der Waals surface area contributed by atoms with Crippen molar-refractivity contribution in [3.8, 4) is 0 Å². The van der Waals surface area contributed by atoms with Crippen molar-refractivity contribution >= 4 is 33.5 Å². The molecule has 0 spiro atoms. The molecule has 0 aliphatic carbocycles. The normalized spacial score (nSPS) is 12.9. The molecule has 1 unspecified atom stereocenters.